The normalized spacial score (nSPS) is 20.6. The monoisotopic (exact) mass is 706 g/mol. The van der Waals surface area contributed by atoms with Crippen LogP contribution in [-0.2, 0) is 0 Å². The van der Waals surface area contributed by atoms with Crippen LogP contribution in [0.15, 0.2) is 57.5 Å². The summed E-state index contributed by atoms with van der Waals surface area (Å²) in [6.07, 6.45) is 0.687. The zero-order chi connectivity index (χ0) is 24.2. The number of nitrogens with one attached hydrogen (secondary N) is 1. The average molecular weight is 708 g/mol. The molecular formula is C24H29Br2F4IN2. The van der Waals surface area contributed by atoms with Crippen LogP contribution in [0.4, 0.5) is 23.2 Å². The smallest absolute Gasteiger partial charge is 0.258 e. The number of halogens is 7. The standard InChI is InChI=1S/C12H14BrF2N.C6H4BrI.C6H11F2N/c13-9-4-6-10(7-5-9)16-8-2-1-3-11(16)12(14)15;7-5-1-3-6(8)4-2-5;7-6(8)5-3-1-2-4-9-5/h4-7,11-12H,1-3,8H2;1-4H;5-6,9H,1-4H2. The summed E-state index contributed by atoms with van der Waals surface area (Å²) in [5.74, 6) is 0. The van der Waals surface area contributed by atoms with E-state index in [0.29, 0.717) is 12.8 Å². The topological polar surface area (TPSA) is 15.3 Å². The number of benzene rings is 2. The van der Waals surface area contributed by atoms with Gasteiger partial charge in [-0.1, -0.05) is 38.3 Å². The molecule has 9 heteroatoms. The van der Waals surface area contributed by atoms with Crippen LogP contribution in [0.2, 0.25) is 0 Å². The van der Waals surface area contributed by atoms with Crippen LogP contribution in [0, 0.1) is 3.57 Å². The molecular weight excluding hydrogens is 679 g/mol. The molecule has 2 aliphatic rings. The van der Waals surface area contributed by atoms with Gasteiger partial charge in [-0.25, -0.2) is 17.6 Å². The number of hydrogen-bond acceptors (Lipinski definition) is 2. The fourth-order valence-corrected chi connectivity index (χ4v) is 4.58. The molecule has 2 aromatic carbocycles. The predicted molar refractivity (Wildman–Crippen MR) is 144 cm³/mol. The van der Waals surface area contributed by atoms with E-state index in [2.05, 4.69) is 71.9 Å². The first-order chi connectivity index (χ1) is 15.8. The van der Waals surface area contributed by atoms with E-state index in [-0.39, 0.29) is 0 Å². The van der Waals surface area contributed by atoms with Crippen LogP contribution >= 0.6 is 54.5 Å². The van der Waals surface area contributed by atoms with Gasteiger partial charge in [0.2, 0.25) is 0 Å². The van der Waals surface area contributed by atoms with Crippen molar-refractivity contribution in [3.05, 3.63) is 61.0 Å². The number of rotatable bonds is 3. The molecule has 184 valence electrons. The van der Waals surface area contributed by atoms with Gasteiger partial charge >= 0.3 is 0 Å². The van der Waals surface area contributed by atoms with Gasteiger partial charge in [-0.3, -0.25) is 0 Å². The Bertz CT molecular complexity index is 767. The molecule has 2 aromatic rings. The maximum Gasteiger partial charge on any atom is 0.258 e. The zero-order valence-corrected chi connectivity index (χ0v) is 23.5. The Balaban J connectivity index is 0.000000192. The van der Waals surface area contributed by atoms with Gasteiger partial charge in [0.05, 0.1) is 12.1 Å². The zero-order valence-electron chi connectivity index (χ0n) is 18.2. The van der Waals surface area contributed by atoms with Crippen molar-refractivity contribution < 1.29 is 17.6 Å². The molecule has 0 amide bonds. The van der Waals surface area contributed by atoms with Crippen molar-refractivity contribution in [1.82, 2.24) is 5.32 Å². The SMILES string of the molecule is Brc1ccc(I)cc1.FC(F)C1CCCCN1.FC(F)C1CCCCN1c1ccc(Br)cc1. The van der Waals surface area contributed by atoms with Crippen LogP contribution in [-0.4, -0.2) is 38.0 Å². The molecule has 0 spiro atoms. The van der Waals surface area contributed by atoms with E-state index in [1.807, 2.05) is 41.3 Å². The summed E-state index contributed by atoms with van der Waals surface area (Å²) < 4.78 is 52.9. The molecule has 33 heavy (non-hydrogen) atoms. The Morgan fingerprint density at radius 3 is 1.82 bits per heavy atom. The van der Waals surface area contributed by atoms with Gasteiger partial charge < -0.3 is 10.2 Å². The minimum Gasteiger partial charge on any atom is -0.363 e. The lowest BCUT2D eigenvalue weighted by Gasteiger charge is -2.37. The fourth-order valence-electron chi connectivity index (χ4n) is 3.70. The second-order valence-corrected chi connectivity index (χ2v) is 11.0. The average Bonchev–Trinajstić information content (AvgIpc) is 2.83. The van der Waals surface area contributed by atoms with Gasteiger partial charge in [0.1, 0.15) is 0 Å². The number of alkyl halides is 4. The molecule has 2 fully saturated rings. The van der Waals surface area contributed by atoms with Crippen LogP contribution in [0.3, 0.4) is 0 Å². The molecule has 2 heterocycles. The largest absolute Gasteiger partial charge is 0.363 e. The van der Waals surface area contributed by atoms with Crippen LogP contribution in [0.1, 0.15) is 38.5 Å². The number of nitrogens with zero attached hydrogens (tertiary/aromatic N) is 1. The van der Waals surface area contributed by atoms with Gasteiger partial charge in [-0.2, -0.15) is 0 Å². The Morgan fingerprint density at radius 2 is 1.36 bits per heavy atom. The summed E-state index contributed by atoms with van der Waals surface area (Å²) in [4.78, 5) is 1.83. The molecule has 0 bridgehead atoms. The van der Waals surface area contributed by atoms with Gasteiger partial charge in [-0.15, -0.1) is 0 Å². The number of hydrogen-bond donors (Lipinski definition) is 1. The highest BCUT2D eigenvalue weighted by molar-refractivity contribution is 14.1. The van der Waals surface area contributed by atoms with E-state index < -0.39 is 24.9 Å². The van der Waals surface area contributed by atoms with E-state index >= 15 is 0 Å². The van der Waals surface area contributed by atoms with E-state index in [0.717, 1.165) is 53.4 Å². The maximum absolute atomic E-state index is 12.9. The first-order valence-electron chi connectivity index (χ1n) is 11.0. The summed E-state index contributed by atoms with van der Waals surface area (Å²) in [7, 11) is 0. The van der Waals surface area contributed by atoms with Gasteiger partial charge in [-0.05, 0) is 110 Å². The third kappa shape index (κ3) is 10.8. The molecule has 4 rings (SSSR count). The number of anilines is 1. The third-order valence-electron chi connectivity index (χ3n) is 5.45. The lowest BCUT2D eigenvalue weighted by molar-refractivity contribution is 0.0852. The first kappa shape index (κ1) is 28.8. The van der Waals surface area contributed by atoms with Crippen molar-refractivity contribution in [3.8, 4) is 0 Å². The summed E-state index contributed by atoms with van der Waals surface area (Å²) in [5, 5.41) is 2.77. The molecule has 2 unspecified atom stereocenters. The van der Waals surface area contributed by atoms with Crippen molar-refractivity contribution in [3.63, 3.8) is 0 Å². The van der Waals surface area contributed by atoms with Crippen LogP contribution in [0.5, 0.6) is 0 Å². The van der Waals surface area contributed by atoms with Gasteiger partial charge in [0.15, 0.2) is 0 Å². The Morgan fingerprint density at radius 1 is 0.788 bits per heavy atom. The molecule has 2 aliphatic heterocycles. The van der Waals surface area contributed by atoms with Crippen LogP contribution in [0.25, 0.3) is 0 Å². The summed E-state index contributed by atoms with van der Waals surface area (Å²) >= 11 is 8.96. The Kier molecular flexibility index (Phi) is 13.6. The highest BCUT2D eigenvalue weighted by Gasteiger charge is 2.30. The molecule has 0 aromatic heterocycles. The van der Waals surface area contributed by atoms with Crippen molar-refractivity contribution in [1.29, 1.82) is 0 Å². The third-order valence-corrected chi connectivity index (χ3v) is 7.23. The molecule has 0 saturated carbocycles. The lowest BCUT2D eigenvalue weighted by atomic mass is 10.0. The summed E-state index contributed by atoms with van der Waals surface area (Å²) in [6, 6.07) is 14.6. The van der Waals surface area contributed by atoms with Crippen molar-refractivity contribution in [2.45, 2.75) is 63.5 Å². The minimum atomic E-state index is -2.26. The van der Waals surface area contributed by atoms with Crippen LogP contribution < -0.4 is 10.2 Å². The lowest BCUT2D eigenvalue weighted by Crippen LogP contribution is -2.44. The maximum atomic E-state index is 12.9. The van der Waals surface area contributed by atoms with Crippen molar-refractivity contribution in [2.75, 3.05) is 18.0 Å². The molecule has 2 saturated heterocycles. The van der Waals surface area contributed by atoms with Crippen molar-refractivity contribution >= 4 is 60.1 Å². The number of piperidine rings is 2. The quantitative estimate of drug-likeness (QED) is 0.254. The van der Waals surface area contributed by atoms with Gasteiger partial charge in [0, 0.05) is 24.7 Å². The second-order valence-electron chi connectivity index (χ2n) is 7.89. The highest BCUT2D eigenvalue weighted by Crippen LogP contribution is 2.29. The van der Waals surface area contributed by atoms with E-state index in [1.54, 1.807) is 0 Å². The Labute approximate surface area is 224 Å². The predicted octanol–water partition coefficient (Wildman–Crippen LogP) is 8.52. The summed E-state index contributed by atoms with van der Waals surface area (Å²) in [5.41, 5.74) is 0.896. The van der Waals surface area contributed by atoms with Crippen molar-refractivity contribution in [2.24, 2.45) is 0 Å². The van der Waals surface area contributed by atoms with E-state index in [1.165, 1.54) is 3.57 Å². The molecule has 0 radical (unpaired) electrons. The van der Waals surface area contributed by atoms with E-state index in [4.69, 9.17) is 0 Å². The molecule has 2 nitrogen and oxygen atoms in total. The molecule has 2 atom stereocenters. The fraction of sp³-hybridized carbons (Fsp3) is 0.500. The summed E-state index contributed by atoms with van der Waals surface area (Å²) in [6.45, 7) is 1.49. The van der Waals surface area contributed by atoms with E-state index in [9.17, 15) is 17.6 Å². The first-order valence-corrected chi connectivity index (χ1v) is 13.7. The second kappa shape index (κ2) is 15.6. The Hall–Kier alpha value is -0.390. The minimum absolute atomic E-state index is 0.529. The van der Waals surface area contributed by atoms with Gasteiger partial charge in [0.25, 0.3) is 12.9 Å². The molecule has 0 aliphatic carbocycles. The molecule has 1 N–H and O–H groups in total. The highest BCUT2D eigenvalue weighted by atomic mass is 127.